The molecule has 0 bridgehead atoms. The van der Waals surface area contributed by atoms with Gasteiger partial charge in [0.25, 0.3) is 5.95 Å². The number of nitrogens with zero attached hydrogens (tertiary/aromatic N) is 1. The van der Waals surface area contributed by atoms with Crippen molar-refractivity contribution in [3.8, 4) is 5.95 Å². The minimum absolute atomic E-state index is 0.315. The summed E-state index contributed by atoms with van der Waals surface area (Å²) in [4.78, 5) is 2.61. The van der Waals surface area contributed by atoms with Crippen LogP contribution in [0.15, 0.2) is 34.7 Å². The molecule has 19 heavy (non-hydrogen) atoms. The average molecular weight is 257 g/mol. The van der Waals surface area contributed by atoms with Crippen LogP contribution in [0.3, 0.4) is 0 Å². The number of rotatable bonds is 3. The number of piperidine rings is 1. The molecular weight excluding hydrogens is 238 g/mol. The molecular formula is C16H19NO2. The van der Waals surface area contributed by atoms with Crippen LogP contribution < -0.4 is 4.74 Å². The number of hydrogen-bond acceptors (Lipinski definition) is 3. The van der Waals surface area contributed by atoms with Crippen molar-refractivity contribution in [1.82, 2.24) is 4.90 Å². The molecule has 3 heteroatoms. The van der Waals surface area contributed by atoms with Crippen molar-refractivity contribution >= 4 is 11.0 Å². The summed E-state index contributed by atoms with van der Waals surface area (Å²) in [5, 5.41) is 1.12. The minimum Gasteiger partial charge on any atom is -0.462 e. The minimum atomic E-state index is 0.315. The zero-order chi connectivity index (χ0) is 12.7. The van der Waals surface area contributed by atoms with Crippen molar-refractivity contribution in [3.05, 3.63) is 30.3 Å². The number of fused-ring (bicyclic) bond motifs is 1. The first kappa shape index (κ1) is 11.4. The molecule has 1 aromatic heterocycles. The van der Waals surface area contributed by atoms with Crippen molar-refractivity contribution in [2.75, 3.05) is 13.1 Å². The van der Waals surface area contributed by atoms with Crippen molar-refractivity contribution in [3.63, 3.8) is 0 Å². The largest absolute Gasteiger partial charge is 0.462 e. The van der Waals surface area contributed by atoms with Crippen LogP contribution in [0.5, 0.6) is 5.95 Å². The van der Waals surface area contributed by atoms with E-state index in [1.54, 1.807) is 0 Å². The van der Waals surface area contributed by atoms with Gasteiger partial charge < -0.3 is 14.1 Å². The van der Waals surface area contributed by atoms with E-state index in [0.29, 0.717) is 12.1 Å². The molecule has 4 rings (SSSR count). The van der Waals surface area contributed by atoms with Gasteiger partial charge in [-0.15, -0.1) is 0 Å². The van der Waals surface area contributed by atoms with E-state index in [-0.39, 0.29) is 0 Å². The van der Waals surface area contributed by atoms with Gasteiger partial charge in [0.05, 0.1) is 0 Å². The van der Waals surface area contributed by atoms with Crippen molar-refractivity contribution in [2.45, 2.75) is 37.8 Å². The van der Waals surface area contributed by atoms with Crippen molar-refractivity contribution < 1.29 is 9.15 Å². The molecule has 0 N–H and O–H groups in total. The number of hydrogen-bond donors (Lipinski definition) is 0. The topological polar surface area (TPSA) is 25.6 Å². The Hall–Kier alpha value is -1.48. The zero-order valence-electron chi connectivity index (χ0n) is 11.0. The fraction of sp³-hybridized carbons (Fsp3) is 0.500. The fourth-order valence-electron chi connectivity index (χ4n) is 2.98. The summed E-state index contributed by atoms with van der Waals surface area (Å²) in [6, 6.07) is 10.9. The molecule has 1 saturated heterocycles. The highest BCUT2D eigenvalue weighted by Crippen LogP contribution is 2.31. The molecule has 2 aliphatic rings. The van der Waals surface area contributed by atoms with Gasteiger partial charge in [-0.25, -0.2) is 0 Å². The third kappa shape index (κ3) is 2.35. The molecule has 1 aliphatic carbocycles. The van der Waals surface area contributed by atoms with Gasteiger partial charge in [0.1, 0.15) is 11.7 Å². The monoisotopic (exact) mass is 257 g/mol. The molecule has 2 heterocycles. The maximum atomic E-state index is 6.00. The Bertz CT molecular complexity index is 532. The van der Waals surface area contributed by atoms with Crippen LogP contribution in [-0.2, 0) is 0 Å². The lowest BCUT2D eigenvalue weighted by atomic mass is 10.1. The summed E-state index contributed by atoms with van der Waals surface area (Å²) >= 11 is 0. The molecule has 2 fully saturated rings. The first-order valence-corrected chi connectivity index (χ1v) is 7.28. The summed E-state index contributed by atoms with van der Waals surface area (Å²) in [5.41, 5.74) is 0.910. The highest BCUT2D eigenvalue weighted by Gasteiger charge is 2.32. The predicted octanol–water partition coefficient (Wildman–Crippen LogP) is 3.44. The van der Waals surface area contributed by atoms with E-state index in [1.807, 2.05) is 24.3 Å². The Morgan fingerprint density at radius 1 is 1.05 bits per heavy atom. The SMILES string of the molecule is c1ccc2oc(OC3CCN(C4CC4)CC3)cc2c1. The van der Waals surface area contributed by atoms with Crippen LogP contribution in [0.25, 0.3) is 11.0 Å². The van der Waals surface area contributed by atoms with E-state index in [4.69, 9.17) is 9.15 Å². The maximum absolute atomic E-state index is 6.00. The number of para-hydroxylation sites is 1. The smallest absolute Gasteiger partial charge is 0.285 e. The first-order valence-electron chi connectivity index (χ1n) is 7.28. The lowest BCUT2D eigenvalue weighted by Gasteiger charge is -2.31. The van der Waals surface area contributed by atoms with Crippen molar-refractivity contribution in [2.24, 2.45) is 0 Å². The predicted molar refractivity (Wildman–Crippen MR) is 74.5 cm³/mol. The van der Waals surface area contributed by atoms with Crippen LogP contribution in [0.1, 0.15) is 25.7 Å². The molecule has 0 unspecified atom stereocenters. The van der Waals surface area contributed by atoms with Gasteiger partial charge in [-0.2, -0.15) is 0 Å². The third-order valence-corrected chi connectivity index (χ3v) is 4.23. The van der Waals surface area contributed by atoms with Gasteiger partial charge >= 0.3 is 0 Å². The summed E-state index contributed by atoms with van der Waals surface area (Å²) in [5.74, 6) is 0.672. The van der Waals surface area contributed by atoms with Crippen LogP contribution in [0, 0.1) is 0 Å². The molecule has 1 saturated carbocycles. The van der Waals surface area contributed by atoms with Crippen LogP contribution in [0.2, 0.25) is 0 Å². The Labute approximate surface area is 113 Å². The molecule has 0 amide bonds. The van der Waals surface area contributed by atoms with E-state index in [0.717, 1.165) is 29.9 Å². The molecule has 1 aliphatic heterocycles. The summed E-state index contributed by atoms with van der Waals surface area (Å²) in [6.45, 7) is 2.35. The van der Waals surface area contributed by atoms with Gasteiger partial charge in [-0.05, 0) is 31.7 Å². The van der Waals surface area contributed by atoms with Crippen LogP contribution >= 0.6 is 0 Å². The molecule has 100 valence electrons. The average Bonchev–Trinajstić information content (AvgIpc) is 3.20. The lowest BCUT2D eigenvalue weighted by molar-refractivity contribution is 0.0786. The number of benzene rings is 1. The highest BCUT2D eigenvalue weighted by molar-refractivity contribution is 5.78. The fourth-order valence-corrected chi connectivity index (χ4v) is 2.98. The van der Waals surface area contributed by atoms with E-state index in [1.165, 1.54) is 25.9 Å². The van der Waals surface area contributed by atoms with Gasteiger partial charge in [0, 0.05) is 30.6 Å². The van der Waals surface area contributed by atoms with E-state index in [2.05, 4.69) is 11.0 Å². The zero-order valence-corrected chi connectivity index (χ0v) is 11.0. The molecule has 2 aromatic rings. The number of likely N-dealkylation sites (tertiary alicyclic amines) is 1. The third-order valence-electron chi connectivity index (χ3n) is 4.23. The van der Waals surface area contributed by atoms with Gasteiger partial charge in [-0.1, -0.05) is 18.2 Å². The standard InChI is InChI=1S/C16H19NO2/c1-2-4-15-12(3-1)11-16(19-15)18-14-7-9-17(10-8-14)13-5-6-13/h1-4,11,13-14H,5-10H2. The van der Waals surface area contributed by atoms with E-state index in [9.17, 15) is 0 Å². The number of ether oxygens (including phenoxy) is 1. The van der Waals surface area contributed by atoms with E-state index < -0.39 is 0 Å². The summed E-state index contributed by atoms with van der Waals surface area (Å²) < 4.78 is 11.7. The van der Waals surface area contributed by atoms with Crippen LogP contribution in [0.4, 0.5) is 0 Å². The van der Waals surface area contributed by atoms with Crippen LogP contribution in [-0.4, -0.2) is 30.1 Å². The molecule has 0 radical (unpaired) electrons. The second kappa shape index (κ2) is 4.57. The Balaban J connectivity index is 1.41. The second-order valence-corrected chi connectivity index (χ2v) is 5.69. The molecule has 0 spiro atoms. The molecule has 3 nitrogen and oxygen atoms in total. The maximum Gasteiger partial charge on any atom is 0.285 e. The molecule has 0 atom stereocenters. The summed E-state index contributed by atoms with van der Waals surface area (Å²) in [6.07, 6.45) is 5.35. The Morgan fingerprint density at radius 2 is 1.84 bits per heavy atom. The van der Waals surface area contributed by atoms with E-state index >= 15 is 0 Å². The first-order chi connectivity index (χ1) is 9.38. The normalized spacial score (nSPS) is 21.9. The second-order valence-electron chi connectivity index (χ2n) is 5.69. The Kier molecular flexibility index (Phi) is 2.73. The van der Waals surface area contributed by atoms with Gasteiger partial charge in [-0.3, -0.25) is 0 Å². The quantitative estimate of drug-likeness (QED) is 0.842. The molecule has 1 aromatic carbocycles. The number of furan rings is 1. The lowest BCUT2D eigenvalue weighted by Crippen LogP contribution is -2.39. The summed E-state index contributed by atoms with van der Waals surface area (Å²) in [7, 11) is 0. The van der Waals surface area contributed by atoms with Crippen molar-refractivity contribution in [1.29, 1.82) is 0 Å². The van der Waals surface area contributed by atoms with Gasteiger partial charge in [0.15, 0.2) is 0 Å². The Morgan fingerprint density at radius 3 is 2.58 bits per heavy atom. The highest BCUT2D eigenvalue weighted by atomic mass is 16.6. The van der Waals surface area contributed by atoms with Gasteiger partial charge in [0.2, 0.25) is 0 Å².